The summed E-state index contributed by atoms with van der Waals surface area (Å²) in [6.07, 6.45) is 4.58. The number of likely N-dealkylation sites (N-methyl/N-ethyl adjacent to an activating group) is 1. The van der Waals surface area contributed by atoms with Gasteiger partial charge in [-0.2, -0.15) is 0 Å². The average Bonchev–Trinajstić information content (AvgIpc) is 3.19. The van der Waals surface area contributed by atoms with Gasteiger partial charge in [0.1, 0.15) is 11.2 Å². The van der Waals surface area contributed by atoms with E-state index in [9.17, 15) is 9.18 Å². The van der Waals surface area contributed by atoms with Crippen molar-refractivity contribution in [1.82, 2.24) is 19.8 Å². The Balaban J connectivity index is 1.57. The van der Waals surface area contributed by atoms with Crippen LogP contribution in [0.3, 0.4) is 0 Å². The first-order valence-electron chi connectivity index (χ1n) is 7.80. The number of thiazole rings is 1. The highest BCUT2D eigenvalue weighted by Gasteiger charge is 2.33. The van der Waals surface area contributed by atoms with E-state index in [1.165, 1.54) is 0 Å². The second kappa shape index (κ2) is 7.67. The van der Waals surface area contributed by atoms with Gasteiger partial charge in [-0.15, -0.1) is 11.3 Å². The molecule has 2 aromatic rings. The summed E-state index contributed by atoms with van der Waals surface area (Å²) in [5.74, 6) is 0. The van der Waals surface area contributed by atoms with Crippen LogP contribution in [-0.2, 0) is 6.54 Å². The third kappa shape index (κ3) is 4.27. The minimum Gasteiger partial charge on any atom is -0.326 e. The number of urea groups is 1. The Kier molecular flexibility index (Phi) is 5.37. The number of anilines is 1. The lowest BCUT2D eigenvalue weighted by atomic mass is 10.2. The third-order valence-electron chi connectivity index (χ3n) is 4.04. The van der Waals surface area contributed by atoms with Crippen LogP contribution in [0.4, 0.5) is 14.9 Å². The Morgan fingerprint density at radius 2 is 2.42 bits per heavy atom. The van der Waals surface area contributed by atoms with Crippen molar-refractivity contribution < 1.29 is 9.18 Å². The summed E-state index contributed by atoms with van der Waals surface area (Å²) in [5, 5.41) is 5.68. The lowest BCUT2D eigenvalue weighted by Crippen LogP contribution is -2.42. The molecule has 1 fully saturated rings. The van der Waals surface area contributed by atoms with Crippen molar-refractivity contribution in [3.05, 3.63) is 41.1 Å². The zero-order valence-electron chi connectivity index (χ0n) is 13.4. The van der Waals surface area contributed by atoms with Crippen molar-refractivity contribution in [3.8, 4) is 0 Å². The lowest BCUT2D eigenvalue weighted by Gasteiger charge is -2.27. The van der Waals surface area contributed by atoms with Crippen LogP contribution in [0.1, 0.15) is 11.4 Å². The molecule has 1 N–H and O–H groups in total. The molecule has 0 aliphatic carbocycles. The van der Waals surface area contributed by atoms with E-state index >= 15 is 0 Å². The predicted molar refractivity (Wildman–Crippen MR) is 91.7 cm³/mol. The van der Waals surface area contributed by atoms with Crippen molar-refractivity contribution in [2.45, 2.75) is 25.2 Å². The largest absolute Gasteiger partial charge is 0.326 e. The van der Waals surface area contributed by atoms with Gasteiger partial charge in [-0.05, 0) is 18.6 Å². The lowest BCUT2D eigenvalue weighted by molar-refractivity contribution is 0.183. The molecule has 0 bridgehead atoms. The number of likely N-dealkylation sites (tertiary alicyclic amines) is 1. The number of amides is 2. The zero-order chi connectivity index (χ0) is 16.9. The molecular weight excluding hydrogens is 329 g/mol. The summed E-state index contributed by atoms with van der Waals surface area (Å²) < 4.78 is 13.9. The maximum Gasteiger partial charge on any atom is 0.321 e. The van der Waals surface area contributed by atoms with Gasteiger partial charge < -0.3 is 10.2 Å². The number of hydrogen-bond donors (Lipinski definition) is 1. The first-order valence-corrected chi connectivity index (χ1v) is 8.68. The Hall–Kier alpha value is -2.06. The summed E-state index contributed by atoms with van der Waals surface area (Å²) in [5.41, 5.74) is 0.642. The molecule has 0 spiro atoms. The van der Waals surface area contributed by atoms with Crippen LogP contribution in [0.2, 0.25) is 0 Å². The normalized spacial score (nSPS) is 20.9. The Labute approximate surface area is 144 Å². The number of hydrogen-bond acceptors (Lipinski definition) is 5. The Bertz CT molecular complexity index is 654. The van der Waals surface area contributed by atoms with E-state index in [2.05, 4.69) is 20.2 Å². The van der Waals surface area contributed by atoms with E-state index < -0.39 is 6.17 Å². The van der Waals surface area contributed by atoms with Crippen LogP contribution < -0.4 is 5.32 Å². The molecule has 0 unspecified atom stereocenters. The molecular formula is C16H20FN5OS. The van der Waals surface area contributed by atoms with Crippen LogP contribution in [0.15, 0.2) is 36.1 Å². The van der Waals surface area contributed by atoms with Crippen molar-refractivity contribution in [2.24, 2.45) is 0 Å². The highest BCUT2D eigenvalue weighted by molar-refractivity contribution is 7.09. The molecule has 128 valence electrons. The fourth-order valence-corrected chi connectivity index (χ4v) is 3.51. The van der Waals surface area contributed by atoms with Crippen LogP contribution in [0, 0.1) is 0 Å². The van der Waals surface area contributed by atoms with Gasteiger partial charge in [-0.25, -0.2) is 14.2 Å². The van der Waals surface area contributed by atoms with Gasteiger partial charge in [-0.1, -0.05) is 0 Å². The van der Waals surface area contributed by atoms with Crippen LogP contribution in [0.5, 0.6) is 0 Å². The highest BCUT2D eigenvalue weighted by atomic mass is 32.1. The zero-order valence-corrected chi connectivity index (χ0v) is 14.2. The van der Waals surface area contributed by atoms with Gasteiger partial charge in [0.25, 0.3) is 0 Å². The second-order valence-electron chi connectivity index (χ2n) is 5.89. The molecule has 0 aromatic carbocycles. The first kappa shape index (κ1) is 16.8. The summed E-state index contributed by atoms with van der Waals surface area (Å²) in [6, 6.07) is 3.31. The highest BCUT2D eigenvalue weighted by Crippen LogP contribution is 2.24. The first-order chi connectivity index (χ1) is 11.6. The molecule has 24 heavy (non-hydrogen) atoms. The molecule has 1 aliphatic rings. The van der Waals surface area contributed by atoms with Crippen molar-refractivity contribution in [3.63, 3.8) is 0 Å². The number of halogens is 1. The quantitative estimate of drug-likeness (QED) is 0.901. The molecule has 0 radical (unpaired) electrons. The number of carbonyl (C=O) groups is 1. The number of nitrogens with zero attached hydrogens (tertiary/aromatic N) is 4. The van der Waals surface area contributed by atoms with Gasteiger partial charge in [0.15, 0.2) is 0 Å². The summed E-state index contributed by atoms with van der Waals surface area (Å²) in [6.45, 7) is 1.49. The summed E-state index contributed by atoms with van der Waals surface area (Å²) >= 11 is 1.56. The van der Waals surface area contributed by atoms with E-state index in [4.69, 9.17) is 0 Å². The topological polar surface area (TPSA) is 61.4 Å². The van der Waals surface area contributed by atoms with Crippen molar-refractivity contribution in [2.75, 3.05) is 25.5 Å². The van der Waals surface area contributed by atoms with Crippen molar-refractivity contribution >= 4 is 23.1 Å². The van der Waals surface area contributed by atoms with E-state index in [1.54, 1.807) is 54.0 Å². The molecule has 0 saturated carbocycles. The van der Waals surface area contributed by atoms with Gasteiger partial charge in [-0.3, -0.25) is 9.88 Å². The summed E-state index contributed by atoms with van der Waals surface area (Å²) in [7, 11) is 1.72. The van der Waals surface area contributed by atoms with Crippen LogP contribution in [0.25, 0.3) is 0 Å². The van der Waals surface area contributed by atoms with E-state index in [1.807, 2.05) is 5.38 Å². The summed E-state index contributed by atoms with van der Waals surface area (Å²) in [4.78, 5) is 24.2. The Morgan fingerprint density at radius 3 is 3.12 bits per heavy atom. The Morgan fingerprint density at radius 1 is 1.54 bits per heavy atom. The van der Waals surface area contributed by atoms with Gasteiger partial charge in [0, 0.05) is 44.0 Å². The fraction of sp³-hybridized carbons (Fsp3) is 0.438. The third-order valence-corrected chi connectivity index (χ3v) is 4.81. The predicted octanol–water partition coefficient (Wildman–Crippen LogP) is 2.61. The minimum absolute atomic E-state index is 0.00597. The number of alkyl halides is 1. The van der Waals surface area contributed by atoms with Gasteiger partial charge in [0.2, 0.25) is 0 Å². The standard InChI is InChI=1S/C16H20FN5OS/c1-21(16(23)20-13-3-2-4-18-8-13)10-14-7-12(17)9-22(14)11-15-19-5-6-24-15/h2-6,8,12,14H,7,9-11H2,1H3,(H,20,23)/t12-,14-/m0/s1. The van der Waals surface area contributed by atoms with Crippen molar-refractivity contribution in [1.29, 1.82) is 0 Å². The molecule has 2 atom stereocenters. The van der Waals surface area contributed by atoms with Gasteiger partial charge in [0.05, 0.1) is 18.4 Å². The molecule has 3 heterocycles. The number of nitrogens with one attached hydrogen (secondary N) is 1. The average molecular weight is 349 g/mol. The van der Waals surface area contributed by atoms with E-state index in [0.29, 0.717) is 31.7 Å². The molecule has 6 nitrogen and oxygen atoms in total. The van der Waals surface area contributed by atoms with Gasteiger partial charge >= 0.3 is 6.03 Å². The number of rotatable bonds is 5. The van der Waals surface area contributed by atoms with E-state index in [0.717, 1.165) is 5.01 Å². The number of carbonyl (C=O) groups excluding carboxylic acids is 1. The molecule has 2 amide bonds. The maximum absolute atomic E-state index is 13.9. The number of aromatic nitrogens is 2. The molecule has 1 saturated heterocycles. The fourth-order valence-electron chi connectivity index (χ4n) is 2.87. The SMILES string of the molecule is CN(C[C@@H]1C[C@H](F)CN1Cc1nccs1)C(=O)Nc1cccnc1. The molecule has 3 rings (SSSR count). The molecule has 2 aromatic heterocycles. The maximum atomic E-state index is 13.9. The van der Waals surface area contributed by atoms with Crippen LogP contribution >= 0.6 is 11.3 Å². The smallest absolute Gasteiger partial charge is 0.321 e. The second-order valence-corrected chi connectivity index (χ2v) is 6.87. The van der Waals surface area contributed by atoms with Crippen LogP contribution in [-0.4, -0.2) is 58.1 Å². The molecule has 1 aliphatic heterocycles. The minimum atomic E-state index is -0.857. The number of pyridine rings is 1. The monoisotopic (exact) mass is 349 g/mol. The molecule has 8 heteroatoms. The van der Waals surface area contributed by atoms with E-state index in [-0.39, 0.29) is 12.1 Å².